The molecular formula is C17H18F2N2O2S. The average Bonchev–Trinajstić information content (AvgIpc) is 3.04. The molecule has 7 heteroatoms. The van der Waals surface area contributed by atoms with Gasteiger partial charge in [-0.2, -0.15) is 8.78 Å². The minimum absolute atomic E-state index is 0.00674. The summed E-state index contributed by atoms with van der Waals surface area (Å²) in [5.74, 6) is 0.108. The van der Waals surface area contributed by atoms with Crippen molar-refractivity contribution in [3.63, 3.8) is 0 Å². The lowest BCUT2D eigenvalue weighted by molar-refractivity contribution is -0.120. The maximum absolute atomic E-state index is 12.5. The van der Waals surface area contributed by atoms with E-state index in [9.17, 15) is 13.6 Å². The Morgan fingerprint density at radius 3 is 2.75 bits per heavy atom. The molecule has 3 rings (SSSR count). The molecule has 0 aliphatic heterocycles. The third kappa shape index (κ3) is 4.08. The second-order valence-corrected chi connectivity index (χ2v) is 6.59. The number of hydrogen-bond donors (Lipinski definition) is 1. The number of anilines is 1. The lowest BCUT2D eigenvalue weighted by Crippen LogP contribution is -2.24. The molecule has 1 aromatic heterocycles. The zero-order chi connectivity index (χ0) is 16.9. The summed E-state index contributed by atoms with van der Waals surface area (Å²) in [6.45, 7) is -2.89. The number of para-hydroxylation sites is 1. The lowest BCUT2D eigenvalue weighted by atomic mass is 9.89. The van der Waals surface area contributed by atoms with Crippen molar-refractivity contribution in [2.45, 2.75) is 38.7 Å². The van der Waals surface area contributed by atoms with Gasteiger partial charge in [0.25, 0.3) is 0 Å². The van der Waals surface area contributed by atoms with Gasteiger partial charge in [-0.1, -0.05) is 31.4 Å². The van der Waals surface area contributed by atoms with Crippen LogP contribution in [0.5, 0.6) is 5.75 Å². The second kappa shape index (κ2) is 7.70. The summed E-state index contributed by atoms with van der Waals surface area (Å²) < 4.78 is 29.5. The van der Waals surface area contributed by atoms with Crippen LogP contribution in [-0.2, 0) is 4.79 Å². The second-order valence-electron chi connectivity index (χ2n) is 5.74. The zero-order valence-corrected chi connectivity index (χ0v) is 13.8. The van der Waals surface area contributed by atoms with Crippen LogP contribution in [0.1, 0.15) is 32.1 Å². The number of halogens is 2. The van der Waals surface area contributed by atoms with Crippen LogP contribution in [0.4, 0.5) is 13.9 Å². The molecule has 128 valence electrons. The Morgan fingerprint density at radius 1 is 1.25 bits per heavy atom. The summed E-state index contributed by atoms with van der Waals surface area (Å²) in [4.78, 5) is 16.6. The van der Waals surface area contributed by atoms with Crippen LogP contribution >= 0.6 is 11.3 Å². The van der Waals surface area contributed by atoms with Crippen molar-refractivity contribution in [2.24, 2.45) is 5.92 Å². The fourth-order valence-corrected chi connectivity index (χ4v) is 3.62. The topological polar surface area (TPSA) is 51.2 Å². The maximum atomic E-state index is 12.5. The van der Waals surface area contributed by atoms with E-state index in [-0.39, 0.29) is 17.6 Å². The zero-order valence-electron chi connectivity index (χ0n) is 13.0. The van der Waals surface area contributed by atoms with E-state index < -0.39 is 6.61 Å². The van der Waals surface area contributed by atoms with Gasteiger partial charge in [0.05, 0.1) is 5.69 Å². The molecule has 1 aliphatic rings. The molecule has 0 unspecified atom stereocenters. The number of amides is 1. The predicted octanol–water partition coefficient (Wildman–Crippen LogP) is 4.93. The van der Waals surface area contributed by atoms with Crippen LogP contribution in [0.2, 0.25) is 0 Å². The number of nitrogens with zero attached hydrogens (tertiary/aromatic N) is 1. The van der Waals surface area contributed by atoms with E-state index in [1.54, 1.807) is 23.6 Å². The first-order valence-electron chi connectivity index (χ1n) is 7.94. The summed E-state index contributed by atoms with van der Waals surface area (Å²) in [7, 11) is 0. The van der Waals surface area contributed by atoms with E-state index in [0.29, 0.717) is 16.4 Å². The largest absolute Gasteiger partial charge is 0.434 e. The van der Waals surface area contributed by atoms with Gasteiger partial charge in [-0.15, -0.1) is 11.3 Å². The van der Waals surface area contributed by atoms with Gasteiger partial charge < -0.3 is 10.1 Å². The highest BCUT2D eigenvalue weighted by Gasteiger charge is 2.22. The van der Waals surface area contributed by atoms with Gasteiger partial charge in [0.2, 0.25) is 5.91 Å². The van der Waals surface area contributed by atoms with Crippen LogP contribution in [0, 0.1) is 5.92 Å². The number of alkyl halides is 2. The molecular weight excluding hydrogens is 334 g/mol. The number of carbonyl (C=O) groups excluding carboxylic acids is 1. The summed E-state index contributed by atoms with van der Waals surface area (Å²) in [6, 6.07) is 6.49. The number of nitrogens with one attached hydrogen (secondary N) is 1. The van der Waals surface area contributed by atoms with Crippen LogP contribution in [0.3, 0.4) is 0 Å². The molecule has 0 radical (unpaired) electrons. The van der Waals surface area contributed by atoms with Gasteiger partial charge >= 0.3 is 6.61 Å². The number of thiazole rings is 1. The minimum atomic E-state index is -2.89. The van der Waals surface area contributed by atoms with Crippen molar-refractivity contribution in [1.29, 1.82) is 0 Å². The van der Waals surface area contributed by atoms with Crippen molar-refractivity contribution in [1.82, 2.24) is 4.98 Å². The highest BCUT2D eigenvalue weighted by molar-refractivity contribution is 7.14. The van der Waals surface area contributed by atoms with E-state index in [1.165, 1.54) is 23.8 Å². The molecule has 24 heavy (non-hydrogen) atoms. The van der Waals surface area contributed by atoms with Gasteiger partial charge in [0.1, 0.15) is 5.75 Å². The molecule has 1 amide bonds. The van der Waals surface area contributed by atoms with Crippen LogP contribution in [-0.4, -0.2) is 17.5 Å². The SMILES string of the molecule is O=C(Nc1nc(-c2ccccc2OC(F)F)cs1)C1CCCCC1. The molecule has 0 atom stereocenters. The first kappa shape index (κ1) is 16.8. The van der Waals surface area contributed by atoms with Crippen LogP contribution in [0.15, 0.2) is 29.6 Å². The van der Waals surface area contributed by atoms with Gasteiger partial charge in [-0.05, 0) is 25.0 Å². The summed E-state index contributed by atoms with van der Waals surface area (Å²) in [5, 5.41) is 5.05. The highest BCUT2D eigenvalue weighted by atomic mass is 32.1. The summed E-state index contributed by atoms with van der Waals surface area (Å²) in [5.41, 5.74) is 0.988. The number of ether oxygens (including phenoxy) is 1. The van der Waals surface area contributed by atoms with Gasteiger partial charge in [-0.3, -0.25) is 4.79 Å². The Labute approximate surface area is 142 Å². The molecule has 1 saturated carbocycles. The van der Waals surface area contributed by atoms with Gasteiger partial charge in [0, 0.05) is 16.9 Å². The molecule has 1 heterocycles. The molecule has 1 aromatic carbocycles. The Morgan fingerprint density at radius 2 is 2.00 bits per heavy atom. The number of benzene rings is 1. The Hall–Kier alpha value is -2.02. The third-order valence-electron chi connectivity index (χ3n) is 4.09. The highest BCUT2D eigenvalue weighted by Crippen LogP contribution is 2.33. The Kier molecular flexibility index (Phi) is 5.40. The van der Waals surface area contributed by atoms with Crippen LogP contribution in [0.25, 0.3) is 11.3 Å². The van der Waals surface area contributed by atoms with E-state index in [2.05, 4.69) is 15.0 Å². The van der Waals surface area contributed by atoms with E-state index in [1.807, 2.05) is 0 Å². The molecule has 0 bridgehead atoms. The fourth-order valence-electron chi connectivity index (χ4n) is 2.90. The molecule has 4 nitrogen and oxygen atoms in total. The molecule has 1 aliphatic carbocycles. The monoisotopic (exact) mass is 352 g/mol. The first-order valence-corrected chi connectivity index (χ1v) is 8.82. The Balaban J connectivity index is 1.72. The summed E-state index contributed by atoms with van der Waals surface area (Å²) >= 11 is 1.28. The summed E-state index contributed by atoms with van der Waals surface area (Å²) in [6.07, 6.45) is 5.18. The van der Waals surface area contributed by atoms with E-state index in [4.69, 9.17) is 0 Å². The standard InChI is InChI=1S/C17H18F2N2O2S/c18-16(19)23-14-9-5-4-8-12(14)13-10-24-17(20-13)21-15(22)11-6-2-1-3-7-11/h4-5,8-11,16H,1-3,6-7H2,(H,20,21,22). The quantitative estimate of drug-likeness (QED) is 0.830. The number of carbonyl (C=O) groups is 1. The molecule has 1 N–H and O–H groups in total. The van der Waals surface area contributed by atoms with Crippen molar-refractivity contribution in [2.75, 3.05) is 5.32 Å². The van der Waals surface area contributed by atoms with Crippen molar-refractivity contribution in [3.8, 4) is 17.0 Å². The van der Waals surface area contributed by atoms with Gasteiger partial charge in [-0.25, -0.2) is 4.98 Å². The van der Waals surface area contributed by atoms with Crippen molar-refractivity contribution >= 4 is 22.4 Å². The normalized spacial score (nSPS) is 15.5. The van der Waals surface area contributed by atoms with Gasteiger partial charge in [0.15, 0.2) is 5.13 Å². The maximum Gasteiger partial charge on any atom is 0.387 e. The average molecular weight is 352 g/mol. The van der Waals surface area contributed by atoms with Crippen LogP contribution < -0.4 is 10.1 Å². The van der Waals surface area contributed by atoms with E-state index >= 15 is 0 Å². The van der Waals surface area contributed by atoms with Crippen molar-refractivity contribution in [3.05, 3.63) is 29.6 Å². The molecule has 1 fully saturated rings. The Bertz CT molecular complexity index is 699. The minimum Gasteiger partial charge on any atom is -0.434 e. The molecule has 0 saturated heterocycles. The first-order chi connectivity index (χ1) is 11.6. The number of aromatic nitrogens is 1. The smallest absolute Gasteiger partial charge is 0.387 e. The number of rotatable bonds is 5. The molecule has 0 spiro atoms. The fraction of sp³-hybridized carbons (Fsp3) is 0.412. The van der Waals surface area contributed by atoms with Crippen molar-refractivity contribution < 1.29 is 18.3 Å². The number of hydrogen-bond acceptors (Lipinski definition) is 4. The lowest BCUT2D eigenvalue weighted by Gasteiger charge is -2.19. The third-order valence-corrected chi connectivity index (χ3v) is 4.85. The molecule has 2 aromatic rings. The van der Waals surface area contributed by atoms with E-state index in [0.717, 1.165) is 25.7 Å². The predicted molar refractivity (Wildman–Crippen MR) is 89.4 cm³/mol.